The zero-order valence-electron chi connectivity index (χ0n) is 13.8. The van der Waals surface area contributed by atoms with E-state index in [1.807, 2.05) is 36.7 Å². The number of halogens is 1. The van der Waals surface area contributed by atoms with E-state index in [9.17, 15) is 9.18 Å². The highest BCUT2D eigenvalue weighted by Crippen LogP contribution is 2.17. The molecule has 0 saturated carbocycles. The lowest BCUT2D eigenvalue weighted by atomic mass is 10.1. The van der Waals surface area contributed by atoms with Gasteiger partial charge in [-0.05, 0) is 43.2 Å². The molecule has 0 aliphatic heterocycles. The molecule has 0 saturated heterocycles. The summed E-state index contributed by atoms with van der Waals surface area (Å²) in [5.41, 5.74) is 2.45. The van der Waals surface area contributed by atoms with Gasteiger partial charge in [-0.25, -0.2) is 4.39 Å². The predicted octanol–water partition coefficient (Wildman–Crippen LogP) is 3.75. The van der Waals surface area contributed by atoms with Crippen LogP contribution in [0.1, 0.15) is 36.2 Å². The highest BCUT2D eigenvalue weighted by Gasteiger charge is 2.11. The number of amides is 1. The second kappa shape index (κ2) is 6.83. The Bertz CT molecular complexity index is 855. The maximum absolute atomic E-state index is 13.0. The highest BCUT2D eigenvalue weighted by molar-refractivity contribution is 5.98. The number of nitrogens with one attached hydrogen (secondary N) is 1. The summed E-state index contributed by atoms with van der Waals surface area (Å²) in [5, 5.41) is 8.32. The molecule has 0 fully saturated rings. The minimum Gasteiger partial charge on any atom is -0.350 e. The topological polar surface area (TPSA) is 46.9 Å². The number of nitrogens with zero attached hydrogens (tertiary/aromatic N) is 2. The fourth-order valence-corrected chi connectivity index (χ4v) is 2.51. The molecule has 0 aliphatic rings. The van der Waals surface area contributed by atoms with Crippen LogP contribution in [0.25, 0.3) is 10.9 Å². The molecule has 1 atom stereocenters. The number of hydrogen-bond acceptors (Lipinski definition) is 2. The van der Waals surface area contributed by atoms with Crippen molar-refractivity contribution in [1.82, 2.24) is 15.1 Å². The van der Waals surface area contributed by atoms with Gasteiger partial charge in [-0.2, -0.15) is 5.10 Å². The van der Waals surface area contributed by atoms with E-state index >= 15 is 0 Å². The molecule has 5 heteroatoms. The summed E-state index contributed by atoms with van der Waals surface area (Å²) in [6, 6.07) is 12.0. The van der Waals surface area contributed by atoms with E-state index in [0.717, 1.165) is 22.9 Å². The van der Waals surface area contributed by atoms with Gasteiger partial charge in [0.05, 0.1) is 18.3 Å². The minimum absolute atomic E-state index is 0.0826. The molecule has 3 rings (SSSR count). The van der Waals surface area contributed by atoms with E-state index in [1.54, 1.807) is 18.3 Å². The van der Waals surface area contributed by atoms with Gasteiger partial charge in [-0.3, -0.25) is 9.48 Å². The third-order valence-corrected chi connectivity index (χ3v) is 4.14. The van der Waals surface area contributed by atoms with E-state index in [-0.39, 0.29) is 17.8 Å². The number of fused-ring (bicyclic) bond motifs is 1. The van der Waals surface area contributed by atoms with Crippen molar-refractivity contribution in [3.8, 4) is 0 Å². The number of carbonyl (C=O) groups excluding carboxylic acids is 1. The van der Waals surface area contributed by atoms with E-state index in [4.69, 9.17) is 0 Å². The monoisotopic (exact) mass is 325 g/mol. The SMILES string of the molecule is CC[C@@H](C)NC(=O)c1ccc2cnn(Cc3ccc(F)cc3)c2c1. The first-order valence-electron chi connectivity index (χ1n) is 8.07. The van der Waals surface area contributed by atoms with Gasteiger partial charge in [0.15, 0.2) is 0 Å². The summed E-state index contributed by atoms with van der Waals surface area (Å²) in [6.45, 7) is 4.54. The Morgan fingerprint density at radius 2 is 2.00 bits per heavy atom. The lowest BCUT2D eigenvalue weighted by Crippen LogP contribution is -2.31. The van der Waals surface area contributed by atoms with Gasteiger partial charge in [0.25, 0.3) is 5.91 Å². The number of benzene rings is 2. The molecule has 124 valence electrons. The van der Waals surface area contributed by atoms with Crippen LogP contribution in [0.15, 0.2) is 48.7 Å². The molecule has 0 radical (unpaired) electrons. The van der Waals surface area contributed by atoms with Crippen molar-refractivity contribution in [1.29, 1.82) is 0 Å². The Morgan fingerprint density at radius 3 is 2.71 bits per heavy atom. The molecule has 0 bridgehead atoms. The van der Waals surface area contributed by atoms with Gasteiger partial charge in [-0.1, -0.05) is 25.1 Å². The molecule has 1 aromatic heterocycles. The Hall–Kier alpha value is -2.69. The summed E-state index contributed by atoms with van der Waals surface area (Å²) >= 11 is 0. The summed E-state index contributed by atoms with van der Waals surface area (Å²) in [6.07, 6.45) is 2.66. The number of hydrogen-bond donors (Lipinski definition) is 1. The average Bonchev–Trinajstić information content (AvgIpc) is 2.99. The number of rotatable bonds is 5. The Balaban J connectivity index is 1.88. The third kappa shape index (κ3) is 3.45. The second-order valence-electron chi connectivity index (χ2n) is 5.99. The number of carbonyl (C=O) groups is 1. The Kier molecular flexibility index (Phi) is 4.60. The summed E-state index contributed by atoms with van der Waals surface area (Å²) in [4.78, 5) is 12.3. The molecule has 0 unspecified atom stereocenters. The van der Waals surface area contributed by atoms with Gasteiger partial charge in [-0.15, -0.1) is 0 Å². The summed E-state index contributed by atoms with van der Waals surface area (Å²) in [7, 11) is 0. The molecule has 24 heavy (non-hydrogen) atoms. The lowest BCUT2D eigenvalue weighted by molar-refractivity contribution is 0.0939. The largest absolute Gasteiger partial charge is 0.350 e. The molecule has 0 spiro atoms. The van der Waals surface area contributed by atoms with Crippen molar-refractivity contribution >= 4 is 16.8 Å². The average molecular weight is 325 g/mol. The smallest absolute Gasteiger partial charge is 0.251 e. The standard InChI is InChI=1S/C19H20FN3O/c1-3-13(2)22-19(24)15-6-7-16-11-21-23(18(16)10-15)12-14-4-8-17(20)9-5-14/h4-11,13H,3,12H2,1-2H3,(H,22,24)/t13-/m1/s1. The number of aromatic nitrogens is 2. The first-order valence-corrected chi connectivity index (χ1v) is 8.07. The van der Waals surface area contributed by atoms with Crippen molar-refractivity contribution in [3.05, 3.63) is 65.6 Å². The molecule has 1 heterocycles. The van der Waals surface area contributed by atoms with Crippen LogP contribution < -0.4 is 5.32 Å². The van der Waals surface area contributed by atoms with Gasteiger partial charge in [0.2, 0.25) is 0 Å². The van der Waals surface area contributed by atoms with Crippen LogP contribution in [0, 0.1) is 5.82 Å². The fourth-order valence-electron chi connectivity index (χ4n) is 2.51. The quantitative estimate of drug-likeness (QED) is 0.776. The van der Waals surface area contributed by atoms with Gasteiger partial charge >= 0.3 is 0 Å². The van der Waals surface area contributed by atoms with Gasteiger partial charge < -0.3 is 5.32 Å². The molecular formula is C19H20FN3O. The van der Waals surface area contributed by atoms with Crippen LogP contribution in [0.2, 0.25) is 0 Å². The van der Waals surface area contributed by atoms with Crippen LogP contribution in [0.4, 0.5) is 4.39 Å². The molecule has 3 aromatic rings. The van der Waals surface area contributed by atoms with Crippen LogP contribution in [-0.2, 0) is 6.54 Å². The molecule has 0 aliphatic carbocycles. The van der Waals surface area contributed by atoms with Crippen LogP contribution in [0.5, 0.6) is 0 Å². The van der Waals surface area contributed by atoms with Crippen molar-refractivity contribution in [2.24, 2.45) is 0 Å². The first kappa shape index (κ1) is 16.2. The molecule has 2 aromatic carbocycles. The van der Waals surface area contributed by atoms with Crippen molar-refractivity contribution in [2.45, 2.75) is 32.9 Å². The minimum atomic E-state index is -0.256. The Labute approximate surface area is 140 Å². The lowest BCUT2D eigenvalue weighted by Gasteiger charge is -2.11. The first-order chi connectivity index (χ1) is 11.6. The summed E-state index contributed by atoms with van der Waals surface area (Å²) in [5.74, 6) is -0.339. The van der Waals surface area contributed by atoms with Crippen molar-refractivity contribution in [3.63, 3.8) is 0 Å². The summed E-state index contributed by atoms with van der Waals surface area (Å²) < 4.78 is 14.8. The van der Waals surface area contributed by atoms with E-state index in [0.29, 0.717) is 12.1 Å². The zero-order chi connectivity index (χ0) is 17.1. The van der Waals surface area contributed by atoms with E-state index < -0.39 is 0 Å². The molecular weight excluding hydrogens is 305 g/mol. The maximum Gasteiger partial charge on any atom is 0.251 e. The molecule has 1 amide bonds. The normalized spacial score (nSPS) is 12.3. The predicted molar refractivity (Wildman–Crippen MR) is 92.5 cm³/mol. The third-order valence-electron chi connectivity index (χ3n) is 4.14. The maximum atomic E-state index is 13.0. The Morgan fingerprint density at radius 1 is 1.25 bits per heavy atom. The van der Waals surface area contributed by atoms with Crippen molar-refractivity contribution < 1.29 is 9.18 Å². The van der Waals surface area contributed by atoms with E-state index in [1.165, 1.54) is 12.1 Å². The molecule has 4 nitrogen and oxygen atoms in total. The van der Waals surface area contributed by atoms with Crippen LogP contribution in [-0.4, -0.2) is 21.7 Å². The van der Waals surface area contributed by atoms with Gasteiger partial charge in [0.1, 0.15) is 5.82 Å². The zero-order valence-corrected chi connectivity index (χ0v) is 13.8. The van der Waals surface area contributed by atoms with Crippen LogP contribution in [0.3, 0.4) is 0 Å². The molecule has 1 N–H and O–H groups in total. The van der Waals surface area contributed by atoms with E-state index in [2.05, 4.69) is 10.4 Å². The fraction of sp³-hybridized carbons (Fsp3) is 0.263. The van der Waals surface area contributed by atoms with Crippen LogP contribution >= 0.6 is 0 Å². The van der Waals surface area contributed by atoms with Gasteiger partial charge in [0, 0.05) is 17.0 Å². The highest BCUT2D eigenvalue weighted by atomic mass is 19.1. The van der Waals surface area contributed by atoms with Crippen molar-refractivity contribution in [2.75, 3.05) is 0 Å². The second-order valence-corrected chi connectivity index (χ2v) is 5.99.